The van der Waals surface area contributed by atoms with Gasteiger partial charge in [-0.2, -0.15) is 0 Å². The molecule has 0 aliphatic heterocycles. The van der Waals surface area contributed by atoms with Gasteiger partial charge in [0.1, 0.15) is 0 Å². The zero-order chi connectivity index (χ0) is 9.23. The first-order valence-corrected chi connectivity index (χ1v) is 4.86. The van der Waals surface area contributed by atoms with Crippen molar-refractivity contribution in [3.63, 3.8) is 0 Å². The molecule has 1 atom stereocenters. The van der Waals surface area contributed by atoms with E-state index < -0.39 is 0 Å². The van der Waals surface area contributed by atoms with E-state index in [1.54, 1.807) is 6.08 Å². The van der Waals surface area contributed by atoms with Gasteiger partial charge >= 0.3 is 0 Å². The molecule has 0 nitrogen and oxygen atoms in total. The third kappa shape index (κ3) is 9.74. The lowest BCUT2D eigenvalue weighted by molar-refractivity contribution is 0.592. The first-order chi connectivity index (χ1) is 5.81. The lowest BCUT2D eigenvalue weighted by Gasteiger charge is -1.98. The Hall–Kier alpha value is -0.260. The summed E-state index contributed by atoms with van der Waals surface area (Å²) in [6.07, 6.45) is 10.6. The van der Waals surface area contributed by atoms with Gasteiger partial charge in [0.05, 0.1) is 0 Å². The number of hydrogen-bond donors (Lipinski definition) is 0. The average Bonchev–Trinajstić information content (AvgIpc) is 2.10. The average molecular weight is 155 g/mol. The summed E-state index contributed by atoms with van der Waals surface area (Å²) in [6, 6.07) is 0. The highest BCUT2D eigenvalue weighted by atomic mass is 13.9. The summed E-state index contributed by atoms with van der Waals surface area (Å²) in [6.45, 7) is 5.84. The molecule has 0 rings (SSSR count). The molecule has 0 N–H and O–H groups in total. The molecule has 0 spiro atoms. The van der Waals surface area contributed by atoms with Crippen LogP contribution in [-0.2, 0) is 0 Å². The van der Waals surface area contributed by atoms with Crippen LogP contribution in [0.2, 0.25) is 0 Å². The van der Waals surface area contributed by atoms with Crippen molar-refractivity contribution in [3.05, 3.63) is 12.7 Å². The maximum atomic E-state index is 7.42. The number of hydrogen-bond acceptors (Lipinski definition) is 0. The van der Waals surface area contributed by atoms with Crippen molar-refractivity contribution < 1.29 is 1.37 Å². The van der Waals surface area contributed by atoms with Gasteiger partial charge in [-0.3, -0.25) is 0 Å². The van der Waals surface area contributed by atoms with E-state index in [0.29, 0.717) is 0 Å². The van der Waals surface area contributed by atoms with Crippen LogP contribution in [0.5, 0.6) is 0 Å². The van der Waals surface area contributed by atoms with Crippen molar-refractivity contribution in [2.75, 3.05) is 0 Å². The van der Waals surface area contributed by atoms with Gasteiger partial charge in [0.2, 0.25) is 0 Å². The molecular formula is C11H22. The van der Waals surface area contributed by atoms with Crippen LogP contribution in [0.3, 0.4) is 0 Å². The van der Waals surface area contributed by atoms with Crippen LogP contribution in [-0.4, -0.2) is 0 Å². The van der Waals surface area contributed by atoms with Gasteiger partial charge < -0.3 is 0 Å². The van der Waals surface area contributed by atoms with E-state index in [2.05, 4.69) is 13.5 Å². The van der Waals surface area contributed by atoms with E-state index in [4.69, 9.17) is 1.37 Å². The monoisotopic (exact) mass is 155 g/mol. The molecule has 0 saturated heterocycles. The summed E-state index contributed by atoms with van der Waals surface area (Å²) < 4.78 is 7.42. The summed E-state index contributed by atoms with van der Waals surface area (Å²) in [5.41, 5.74) is 0. The van der Waals surface area contributed by atoms with Crippen LogP contribution in [0, 0.1) is 0 Å². The molecule has 0 amide bonds. The standard InChI is InChI=1S/C11H22/c1-3-5-7-9-11-10-8-6-4-2/h3H,1,4-11H2,2H3/i5D. The minimum atomic E-state index is -0.0313. The lowest BCUT2D eigenvalue weighted by Crippen LogP contribution is -1.78. The molecule has 1 unspecified atom stereocenters. The van der Waals surface area contributed by atoms with Crippen molar-refractivity contribution in [2.24, 2.45) is 0 Å². The van der Waals surface area contributed by atoms with E-state index in [1.165, 1.54) is 38.5 Å². The second kappa shape index (κ2) is 9.74. The summed E-state index contributed by atoms with van der Waals surface area (Å²) in [5.74, 6) is 0. The number of unbranched alkanes of at least 4 members (excludes halogenated alkanes) is 5. The first kappa shape index (κ1) is 8.83. The molecule has 0 aliphatic rings. The highest BCUT2D eigenvalue weighted by Gasteiger charge is 1.88. The molecular weight excluding hydrogens is 132 g/mol. The van der Waals surface area contributed by atoms with E-state index >= 15 is 0 Å². The molecule has 0 heteroatoms. The van der Waals surface area contributed by atoms with Crippen LogP contribution >= 0.6 is 0 Å². The summed E-state index contributed by atoms with van der Waals surface area (Å²) in [4.78, 5) is 0. The highest BCUT2D eigenvalue weighted by Crippen LogP contribution is 2.07. The van der Waals surface area contributed by atoms with Crippen molar-refractivity contribution in [2.45, 2.75) is 58.3 Å². The lowest BCUT2D eigenvalue weighted by atomic mass is 10.1. The topological polar surface area (TPSA) is 0 Å². The van der Waals surface area contributed by atoms with Gasteiger partial charge in [0.25, 0.3) is 0 Å². The second-order valence-electron chi connectivity index (χ2n) is 3.03. The molecule has 0 aromatic carbocycles. The zero-order valence-electron chi connectivity index (χ0n) is 8.81. The number of allylic oxidation sites excluding steroid dienone is 1. The Morgan fingerprint density at radius 2 is 1.64 bits per heavy atom. The van der Waals surface area contributed by atoms with E-state index in [1.807, 2.05) is 0 Å². The quantitative estimate of drug-likeness (QED) is 0.362. The van der Waals surface area contributed by atoms with Crippen LogP contribution in [0.1, 0.15) is 59.6 Å². The number of rotatable bonds is 8. The fraction of sp³-hybridized carbons (Fsp3) is 0.818. The van der Waals surface area contributed by atoms with Crippen molar-refractivity contribution in [3.8, 4) is 0 Å². The molecule has 0 fully saturated rings. The normalized spacial score (nSPS) is 14.1. The highest BCUT2D eigenvalue weighted by molar-refractivity contribution is 4.65. The molecule has 0 radical (unpaired) electrons. The van der Waals surface area contributed by atoms with Gasteiger partial charge in [-0.25, -0.2) is 0 Å². The molecule has 0 aromatic heterocycles. The largest absolute Gasteiger partial charge is 0.103 e. The summed E-state index contributed by atoms with van der Waals surface area (Å²) >= 11 is 0. The van der Waals surface area contributed by atoms with Crippen molar-refractivity contribution in [1.82, 2.24) is 0 Å². The van der Waals surface area contributed by atoms with Crippen molar-refractivity contribution in [1.29, 1.82) is 0 Å². The van der Waals surface area contributed by atoms with Gasteiger partial charge in [-0.15, -0.1) is 6.58 Å². The Labute approximate surface area is 73.1 Å². The molecule has 0 bridgehead atoms. The fourth-order valence-electron chi connectivity index (χ4n) is 1.16. The van der Waals surface area contributed by atoms with Crippen LogP contribution in [0.4, 0.5) is 0 Å². The fourth-order valence-corrected chi connectivity index (χ4v) is 1.16. The van der Waals surface area contributed by atoms with E-state index in [9.17, 15) is 0 Å². The third-order valence-corrected chi connectivity index (χ3v) is 1.89. The maximum absolute atomic E-state index is 7.42. The maximum Gasteiger partial charge on any atom is 0.0310 e. The Balaban J connectivity index is 2.95. The smallest absolute Gasteiger partial charge is 0.0310 e. The predicted octanol–water partition coefficient (Wildman–Crippen LogP) is 4.31. The van der Waals surface area contributed by atoms with E-state index in [-0.39, 0.29) is 6.40 Å². The Morgan fingerprint density at radius 1 is 1.09 bits per heavy atom. The Bertz CT molecular complexity index is 99.2. The predicted molar refractivity (Wildman–Crippen MR) is 52.8 cm³/mol. The minimum absolute atomic E-state index is 0.0313. The van der Waals surface area contributed by atoms with E-state index in [0.717, 1.165) is 6.42 Å². The van der Waals surface area contributed by atoms with Gasteiger partial charge in [-0.05, 0) is 12.8 Å². The molecule has 66 valence electrons. The van der Waals surface area contributed by atoms with Crippen LogP contribution < -0.4 is 0 Å². The minimum Gasteiger partial charge on any atom is -0.103 e. The Kier molecular flexibility index (Phi) is 7.82. The SMILES string of the molecule is [2H]C(C=C)CCCCCCCC. The van der Waals surface area contributed by atoms with Crippen molar-refractivity contribution >= 4 is 0 Å². The molecule has 11 heavy (non-hydrogen) atoms. The van der Waals surface area contributed by atoms with Crippen LogP contribution in [0.15, 0.2) is 12.7 Å². The second-order valence-corrected chi connectivity index (χ2v) is 3.03. The van der Waals surface area contributed by atoms with Gasteiger partial charge in [0.15, 0.2) is 0 Å². The molecule has 0 aliphatic carbocycles. The summed E-state index contributed by atoms with van der Waals surface area (Å²) in [7, 11) is 0. The zero-order valence-corrected chi connectivity index (χ0v) is 7.81. The first-order valence-electron chi connectivity index (χ1n) is 5.43. The van der Waals surface area contributed by atoms with Crippen LogP contribution in [0.25, 0.3) is 0 Å². The van der Waals surface area contributed by atoms with Gasteiger partial charge in [0, 0.05) is 1.37 Å². The van der Waals surface area contributed by atoms with Gasteiger partial charge in [-0.1, -0.05) is 51.5 Å². The Morgan fingerprint density at radius 3 is 2.18 bits per heavy atom. The molecule has 0 aromatic rings. The third-order valence-electron chi connectivity index (χ3n) is 1.89. The molecule has 0 heterocycles. The molecule has 0 saturated carbocycles. The summed E-state index contributed by atoms with van der Waals surface area (Å²) in [5, 5.41) is 0.